The van der Waals surface area contributed by atoms with E-state index < -0.39 is 29.0 Å². The van der Waals surface area contributed by atoms with Gasteiger partial charge in [0.2, 0.25) is 5.95 Å². The Bertz CT molecular complexity index is 1220. The fraction of sp³-hybridized carbons (Fsp3) is 0.500. The fourth-order valence-electron chi connectivity index (χ4n) is 5.06. The van der Waals surface area contributed by atoms with Gasteiger partial charge in [-0.05, 0) is 56.5 Å². The quantitative estimate of drug-likeness (QED) is 0.468. The molecule has 1 N–H and O–H groups in total. The summed E-state index contributed by atoms with van der Waals surface area (Å²) < 4.78 is 87.8. The van der Waals surface area contributed by atoms with Crippen molar-refractivity contribution in [3.05, 3.63) is 47.7 Å². The Hall–Kier alpha value is -2.86. The Balaban J connectivity index is 1.45. The van der Waals surface area contributed by atoms with Crippen molar-refractivity contribution in [3.63, 3.8) is 0 Å². The SMILES string of the molecule is FC(F)(F)c1ccc(-c2nnc(N[C@@H]3CCCN(C4CCCOC4)C3)n3cccc23)c(C(F)(F)F)c1. The maximum absolute atomic E-state index is 13.8. The number of alkyl halides is 6. The highest BCUT2D eigenvalue weighted by atomic mass is 19.4. The van der Waals surface area contributed by atoms with Gasteiger partial charge in [-0.25, -0.2) is 0 Å². The largest absolute Gasteiger partial charge is 0.417 e. The van der Waals surface area contributed by atoms with Crippen molar-refractivity contribution in [2.45, 2.75) is 50.1 Å². The van der Waals surface area contributed by atoms with Gasteiger partial charge in [-0.1, -0.05) is 6.07 Å². The fourth-order valence-corrected chi connectivity index (χ4v) is 5.06. The van der Waals surface area contributed by atoms with Crippen molar-refractivity contribution in [1.29, 1.82) is 0 Å². The first kappa shape index (κ1) is 24.8. The summed E-state index contributed by atoms with van der Waals surface area (Å²) in [5, 5.41) is 11.6. The van der Waals surface area contributed by atoms with E-state index in [2.05, 4.69) is 20.4 Å². The van der Waals surface area contributed by atoms with Crippen LogP contribution in [0.5, 0.6) is 0 Å². The van der Waals surface area contributed by atoms with Gasteiger partial charge < -0.3 is 10.1 Å². The van der Waals surface area contributed by atoms with Crippen LogP contribution < -0.4 is 5.32 Å². The zero-order valence-corrected chi connectivity index (χ0v) is 19.2. The Morgan fingerprint density at radius 3 is 2.53 bits per heavy atom. The molecule has 194 valence electrons. The third-order valence-corrected chi connectivity index (χ3v) is 6.81. The first-order chi connectivity index (χ1) is 17.1. The van der Waals surface area contributed by atoms with Gasteiger partial charge in [0.05, 0.1) is 23.3 Å². The number of hydrogen-bond donors (Lipinski definition) is 1. The molecule has 2 aliphatic heterocycles. The first-order valence-corrected chi connectivity index (χ1v) is 11.8. The van der Waals surface area contributed by atoms with E-state index in [1.165, 1.54) is 0 Å². The van der Waals surface area contributed by atoms with Crippen LogP contribution >= 0.6 is 0 Å². The number of hydrogen-bond acceptors (Lipinski definition) is 5. The van der Waals surface area contributed by atoms with E-state index in [9.17, 15) is 26.3 Å². The molecule has 0 saturated carbocycles. The normalized spacial score (nSPS) is 22.2. The van der Waals surface area contributed by atoms with Gasteiger partial charge in [-0.15, -0.1) is 10.2 Å². The van der Waals surface area contributed by atoms with Crippen molar-refractivity contribution in [3.8, 4) is 11.3 Å². The maximum atomic E-state index is 13.8. The van der Waals surface area contributed by atoms with Crippen molar-refractivity contribution in [1.82, 2.24) is 19.5 Å². The summed E-state index contributed by atoms with van der Waals surface area (Å²) >= 11 is 0. The minimum absolute atomic E-state index is 0.0585. The number of anilines is 1. The molecule has 2 aromatic heterocycles. The highest BCUT2D eigenvalue weighted by molar-refractivity contribution is 5.80. The molecule has 2 saturated heterocycles. The molecule has 0 spiro atoms. The van der Waals surface area contributed by atoms with E-state index in [4.69, 9.17) is 4.74 Å². The Kier molecular flexibility index (Phi) is 6.58. The van der Waals surface area contributed by atoms with Crippen molar-refractivity contribution in [2.24, 2.45) is 0 Å². The number of aromatic nitrogens is 3. The number of piperidine rings is 1. The summed E-state index contributed by atoms with van der Waals surface area (Å²) in [6.45, 7) is 3.24. The van der Waals surface area contributed by atoms with Gasteiger partial charge in [0, 0.05) is 37.0 Å². The van der Waals surface area contributed by atoms with Gasteiger partial charge in [-0.3, -0.25) is 9.30 Å². The van der Waals surface area contributed by atoms with Gasteiger partial charge in [0.15, 0.2) is 0 Å². The van der Waals surface area contributed by atoms with Crippen LogP contribution in [0.3, 0.4) is 0 Å². The average molecular weight is 513 g/mol. The van der Waals surface area contributed by atoms with Crippen LogP contribution in [-0.4, -0.2) is 57.9 Å². The number of fused-ring (bicyclic) bond motifs is 1. The topological polar surface area (TPSA) is 54.7 Å². The van der Waals surface area contributed by atoms with E-state index in [1.807, 2.05) is 0 Å². The maximum Gasteiger partial charge on any atom is 0.417 e. The van der Waals surface area contributed by atoms with Crippen molar-refractivity contribution in [2.75, 3.05) is 31.6 Å². The lowest BCUT2D eigenvalue weighted by Crippen LogP contribution is -2.50. The zero-order chi connectivity index (χ0) is 25.5. The summed E-state index contributed by atoms with van der Waals surface area (Å²) in [6.07, 6.45) is -4.28. The summed E-state index contributed by atoms with van der Waals surface area (Å²) in [6, 6.07) is 5.18. The van der Waals surface area contributed by atoms with Gasteiger partial charge in [0.1, 0.15) is 5.69 Å². The lowest BCUT2D eigenvalue weighted by atomic mass is 10.00. The molecule has 4 heterocycles. The molecule has 5 rings (SSSR count). The number of nitrogens with one attached hydrogen (secondary N) is 1. The molecule has 3 aromatic rings. The predicted octanol–water partition coefficient (Wildman–Crippen LogP) is 5.49. The molecule has 2 aliphatic rings. The smallest absolute Gasteiger partial charge is 0.380 e. The minimum Gasteiger partial charge on any atom is -0.380 e. The van der Waals surface area contributed by atoms with Crippen molar-refractivity contribution < 1.29 is 31.1 Å². The summed E-state index contributed by atoms with van der Waals surface area (Å²) in [4.78, 5) is 2.40. The monoisotopic (exact) mass is 513 g/mol. The Labute approximate surface area is 203 Å². The molecule has 0 amide bonds. The molecule has 0 aliphatic carbocycles. The van der Waals surface area contributed by atoms with E-state index in [1.54, 1.807) is 22.7 Å². The van der Waals surface area contributed by atoms with Crippen LogP contribution in [0.15, 0.2) is 36.5 Å². The second-order valence-corrected chi connectivity index (χ2v) is 9.24. The van der Waals surface area contributed by atoms with Crippen molar-refractivity contribution >= 4 is 11.5 Å². The molecule has 0 bridgehead atoms. The number of likely N-dealkylation sites (tertiary alicyclic amines) is 1. The van der Waals surface area contributed by atoms with Gasteiger partial charge >= 0.3 is 12.4 Å². The van der Waals surface area contributed by atoms with E-state index in [0.29, 0.717) is 30.2 Å². The van der Waals surface area contributed by atoms with Crippen LogP contribution in [0, 0.1) is 0 Å². The number of halogens is 6. The van der Waals surface area contributed by atoms with E-state index in [0.717, 1.165) is 51.4 Å². The minimum atomic E-state index is -5.01. The highest BCUT2D eigenvalue weighted by Crippen LogP contribution is 2.41. The van der Waals surface area contributed by atoms with Gasteiger partial charge in [0.25, 0.3) is 0 Å². The van der Waals surface area contributed by atoms with Crippen LogP contribution in [-0.2, 0) is 17.1 Å². The van der Waals surface area contributed by atoms with Crippen LogP contribution in [0.1, 0.15) is 36.8 Å². The van der Waals surface area contributed by atoms with Crippen LogP contribution in [0.4, 0.5) is 32.3 Å². The third-order valence-electron chi connectivity index (χ3n) is 6.81. The molecular weight excluding hydrogens is 488 g/mol. The molecule has 12 heteroatoms. The number of benzene rings is 1. The standard InChI is InChI=1S/C24H25F6N5O/c25-23(26,27)15-7-8-18(19(12-15)24(28,29)30)21-20-6-2-10-35(20)22(33-32-21)31-16-4-1-9-34(13-16)17-5-3-11-36-14-17/h2,6-8,10,12,16-17H,1,3-5,9,11,13-14H2,(H,31,33)/t16-,17?/m1/s1. The number of nitrogens with zero attached hydrogens (tertiary/aromatic N) is 4. The molecule has 1 aromatic carbocycles. The molecule has 2 atom stereocenters. The summed E-state index contributed by atoms with van der Waals surface area (Å²) in [5.74, 6) is 0.367. The van der Waals surface area contributed by atoms with E-state index in [-0.39, 0.29) is 17.8 Å². The van der Waals surface area contributed by atoms with Crippen LogP contribution in [0.2, 0.25) is 0 Å². The Morgan fingerprint density at radius 2 is 1.81 bits per heavy atom. The van der Waals surface area contributed by atoms with Gasteiger partial charge in [-0.2, -0.15) is 26.3 Å². The highest BCUT2D eigenvalue weighted by Gasteiger charge is 2.39. The van der Waals surface area contributed by atoms with E-state index >= 15 is 0 Å². The zero-order valence-electron chi connectivity index (χ0n) is 19.2. The molecule has 2 fully saturated rings. The predicted molar refractivity (Wildman–Crippen MR) is 120 cm³/mol. The number of rotatable bonds is 4. The molecule has 6 nitrogen and oxygen atoms in total. The number of ether oxygens (including phenoxy) is 1. The second kappa shape index (κ2) is 9.55. The summed E-state index contributed by atoms with van der Waals surface area (Å²) in [5.41, 5.74) is -3.07. The lowest BCUT2D eigenvalue weighted by molar-refractivity contribution is -0.142. The third kappa shape index (κ3) is 5.01. The molecular formula is C24H25F6N5O. The second-order valence-electron chi connectivity index (χ2n) is 9.24. The molecule has 0 radical (unpaired) electrons. The Morgan fingerprint density at radius 1 is 0.972 bits per heavy atom. The van der Waals surface area contributed by atoms with Crippen LogP contribution in [0.25, 0.3) is 16.8 Å². The average Bonchev–Trinajstić information content (AvgIpc) is 3.34. The molecule has 1 unspecified atom stereocenters. The first-order valence-electron chi connectivity index (χ1n) is 11.8. The lowest BCUT2D eigenvalue weighted by Gasteiger charge is -2.40. The molecule has 36 heavy (non-hydrogen) atoms. The summed E-state index contributed by atoms with van der Waals surface area (Å²) in [7, 11) is 0.